The van der Waals surface area contributed by atoms with Gasteiger partial charge in [-0.15, -0.1) is 0 Å². The summed E-state index contributed by atoms with van der Waals surface area (Å²) in [7, 11) is 0. The molecule has 0 bridgehead atoms. The topological polar surface area (TPSA) is 65.4 Å². The summed E-state index contributed by atoms with van der Waals surface area (Å²) in [4.78, 5) is 4.56. The minimum Gasteiger partial charge on any atom is -0.504 e. The van der Waals surface area contributed by atoms with Crippen molar-refractivity contribution in [1.82, 2.24) is 0 Å². The molecule has 0 atom stereocenters. The van der Waals surface area contributed by atoms with Gasteiger partial charge in [-0.25, -0.2) is 0 Å². The Bertz CT molecular complexity index is 679. The summed E-state index contributed by atoms with van der Waals surface area (Å²) < 4.78 is 11.0. The van der Waals surface area contributed by atoms with Crippen LogP contribution >= 0.6 is 0 Å². The molecule has 6 nitrogen and oxygen atoms in total. The molecule has 0 spiro atoms. The molecule has 1 saturated heterocycles. The largest absolute Gasteiger partial charge is 0.504 e. The van der Waals surface area contributed by atoms with Crippen molar-refractivity contribution in [2.45, 2.75) is 13.8 Å². The summed E-state index contributed by atoms with van der Waals surface area (Å²) >= 11 is 0. The van der Waals surface area contributed by atoms with Crippen molar-refractivity contribution in [3.05, 3.63) is 36.4 Å². The average molecular weight is 358 g/mol. The second-order valence-corrected chi connectivity index (χ2v) is 6.14. The van der Waals surface area contributed by atoms with Crippen molar-refractivity contribution in [3.8, 4) is 23.0 Å². The predicted octanol–water partition coefficient (Wildman–Crippen LogP) is 3.22. The first-order valence-electron chi connectivity index (χ1n) is 9.04. The Kier molecular flexibility index (Phi) is 5.61. The molecule has 140 valence electrons. The minimum absolute atomic E-state index is 0.168. The molecule has 1 aliphatic heterocycles. The van der Waals surface area contributed by atoms with E-state index >= 15 is 0 Å². The van der Waals surface area contributed by atoms with Crippen LogP contribution in [0.5, 0.6) is 23.0 Å². The first kappa shape index (κ1) is 18.0. The molecule has 0 saturated carbocycles. The van der Waals surface area contributed by atoms with Crippen LogP contribution in [0.3, 0.4) is 0 Å². The normalized spacial score (nSPS) is 14.4. The number of anilines is 2. The van der Waals surface area contributed by atoms with Crippen molar-refractivity contribution in [2.75, 3.05) is 49.2 Å². The molecule has 0 aliphatic carbocycles. The maximum Gasteiger partial charge on any atom is 0.162 e. The van der Waals surface area contributed by atoms with Crippen LogP contribution in [0.25, 0.3) is 0 Å². The lowest BCUT2D eigenvalue weighted by atomic mass is 10.2. The molecular weight excluding hydrogens is 332 g/mol. The van der Waals surface area contributed by atoms with E-state index < -0.39 is 0 Å². The van der Waals surface area contributed by atoms with Gasteiger partial charge in [-0.2, -0.15) is 0 Å². The van der Waals surface area contributed by atoms with Crippen molar-refractivity contribution >= 4 is 11.4 Å². The maximum absolute atomic E-state index is 9.86. The molecule has 26 heavy (non-hydrogen) atoms. The number of hydrogen-bond donors (Lipinski definition) is 2. The van der Waals surface area contributed by atoms with Gasteiger partial charge < -0.3 is 29.5 Å². The number of phenols is 2. The van der Waals surface area contributed by atoms with Crippen LogP contribution in [0, 0.1) is 0 Å². The summed E-state index contributed by atoms with van der Waals surface area (Å²) in [5.74, 6) is 1.38. The van der Waals surface area contributed by atoms with Gasteiger partial charge in [0.05, 0.1) is 13.2 Å². The zero-order valence-electron chi connectivity index (χ0n) is 15.3. The van der Waals surface area contributed by atoms with Gasteiger partial charge in [0.15, 0.2) is 23.0 Å². The first-order valence-corrected chi connectivity index (χ1v) is 9.04. The van der Waals surface area contributed by atoms with E-state index in [1.165, 1.54) is 0 Å². The van der Waals surface area contributed by atoms with E-state index in [0.29, 0.717) is 24.7 Å². The second kappa shape index (κ2) is 8.08. The Morgan fingerprint density at radius 3 is 1.46 bits per heavy atom. The summed E-state index contributed by atoms with van der Waals surface area (Å²) in [5, 5.41) is 19.7. The van der Waals surface area contributed by atoms with E-state index in [-0.39, 0.29) is 11.5 Å². The van der Waals surface area contributed by atoms with Crippen molar-refractivity contribution in [2.24, 2.45) is 0 Å². The fraction of sp³-hybridized carbons (Fsp3) is 0.400. The van der Waals surface area contributed by atoms with E-state index in [1.807, 2.05) is 38.1 Å². The summed E-state index contributed by atoms with van der Waals surface area (Å²) in [6, 6.07) is 11.0. The molecular formula is C20H26N2O4. The Labute approximate surface area is 154 Å². The highest BCUT2D eigenvalue weighted by Crippen LogP contribution is 2.33. The molecule has 6 heteroatoms. The summed E-state index contributed by atoms with van der Waals surface area (Å²) in [5.41, 5.74) is 2.10. The zero-order chi connectivity index (χ0) is 18.5. The molecule has 0 aromatic heterocycles. The van der Waals surface area contributed by atoms with Crippen LogP contribution in [0.15, 0.2) is 36.4 Å². The molecule has 1 fully saturated rings. The van der Waals surface area contributed by atoms with Crippen molar-refractivity contribution in [1.29, 1.82) is 0 Å². The van der Waals surface area contributed by atoms with E-state index in [4.69, 9.17) is 9.47 Å². The third-order valence-electron chi connectivity index (χ3n) is 4.50. The number of aromatic hydroxyl groups is 2. The lowest BCUT2D eigenvalue weighted by molar-refractivity contribution is 0.318. The van der Waals surface area contributed by atoms with E-state index in [1.54, 1.807) is 12.1 Å². The molecule has 2 aromatic carbocycles. The zero-order valence-corrected chi connectivity index (χ0v) is 15.3. The highest BCUT2D eigenvalue weighted by Gasteiger charge is 2.19. The highest BCUT2D eigenvalue weighted by atomic mass is 16.5. The lowest BCUT2D eigenvalue weighted by Crippen LogP contribution is -2.46. The van der Waals surface area contributed by atoms with Crippen LogP contribution in [0.2, 0.25) is 0 Å². The number of hydrogen-bond acceptors (Lipinski definition) is 6. The van der Waals surface area contributed by atoms with Crippen LogP contribution in [0.4, 0.5) is 11.4 Å². The van der Waals surface area contributed by atoms with E-state index in [9.17, 15) is 10.2 Å². The molecule has 0 unspecified atom stereocenters. The first-order chi connectivity index (χ1) is 12.6. The SMILES string of the molecule is CCOc1cc(N2CCN(c3ccc(O)c(OCC)c3)CC2)ccc1O. The van der Waals surface area contributed by atoms with Gasteiger partial charge in [-0.05, 0) is 38.1 Å². The Hall–Kier alpha value is -2.76. The van der Waals surface area contributed by atoms with Crippen LogP contribution in [-0.2, 0) is 0 Å². The third kappa shape index (κ3) is 3.90. The Morgan fingerprint density at radius 1 is 0.731 bits per heavy atom. The lowest BCUT2D eigenvalue weighted by Gasteiger charge is -2.37. The number of nitrogens with zero attached hydrogens (tertiary/aromatic N) is 2. The van der Waals surface area contributed by atoms with Gasteiger partial charge in [-0.3, -0.25) is 0 Å². The van der Waals surface area contributed by atoms with Crippen LogP contribution < -0.4 is 19.3 Å². The fourth-order valence-electron chi connectivity index (χ4n) is 3.16. The van der Waals surface area contributed by atoms with Gasteiger partial charge >= 0.3 is 0 Å². The fourth-order valence-corrected chi connectivity index (χ4v) is 3.16. The number of benzene rings is 2. The minimum atomic E-state index is 0.168. The van der Waals surface area contributed by atoms with Gasteiger partial charge in [0.2, 0.25) is 0 Å². The third-order valence-corrected chi connectivity index (χ3v) is 4.50. The van der Waals surface area contributed by atoms with E-state index in [0.717, 1.165) is 37.6 Å². The quantitative estimate of drug-likeness (QED) is 0.827. The molecule has 0 amide bonds. The Balaban J connectivity index is 1.68. The van der Waals surface area contributed by atoms with Crippen molar-refractivity contribution < 1.29 is 19.7 Å². The number of piperazine rings is 1. The molecule has 3 rings (SSSR count). The predicted molar refractivity (Wildman–Crippen MR) is 103 cm³/mol. The second-order valence-electron chi connectivity index (χ2n) is 6.14. The smallest absolute Gasteiger partial charge is 0.162 e. The summed E-state index contributed by atoms with van der Waals surface area (Å²) in [6.07, 6.45) is 0. The molecule has 1 heterocycles. The molecule has 2 aromatic rings. The van der Waals surface area contributed by atoms with Gasteiger partial charge in [0.25, 0.3) is 0 Å². The van der Waals surface area contributed by atoms with Gasteiger partial charge in [0, 0.05) is 49.7 Å². The molecule has 1 aliphatic rings. The van der Waals surface area contributed by atoms with Crippen molar-refractivity contribution in [3.63, 3.8) is 0 Å². The number of phenolic OH excluding ortho intramolecular Hbond substituents is 2. The maximum atomic E-state index is 9.86. The monoisotopic (exact) mass is 358 g/mol. The Morgan fingerprint density at radius 2 is 1.12 bits per heavy atom. The standard InChI is InChI=1S/C20H26N2O4/c1-3-25-19-13-15(5-7-17(19)23)21-9-11-22(12-10-21)16-6-8-18(24)20(14-16)26-4-2/h5-8,13-14,23-24H,3-4,9-12H2,1-2H3. The average Bonchev–Trinajstić information content (AvgIpc) is 2.66. The van der Waals surface area contributed by atoms with Gasteiger partial charge in [-0.1, -0.05) is 0 Å². The van der Waals surface area contributed by atoms with Gasteiger partial charge in [0.1, 0.15) is 0 Å². The molecule has 2 N–H and O–H groups in total. The van der Waals surface area contributed by atoms with Crippen LogP contribution in [0.1, 0.15) is 13.8 Å². The van der Waals surface area contributed by atoms with E-state index in [2.05, 4.69) is 9.80 Å². The molecule has 0 radical (unpaired) electrons. The van der Waals surface area contributed by atoms with Crippen LogP contribution in [-0.4, -0.2) is 49.6 Å². The number of ether oxygens (including phenoxy) is 2. The summed E-state index contributed by atoms with van der Waals surface area (Å²) in [6.45, 7) is 8.30. The number of rotatable bonds is 6. The highest BCUT2D eigenvalue weighted by molar-refractivity contribution is 5.59.